The number of hydrogen-bond acceptors (Lipinski definition) is 6. The molecule has 0 spiro atoms. The highest BCUT2D eigenvalue weighted by atomic mass is 16.5. The molecule has 0 aromatic rings. The van der Waals surface area contributed by atoms with Crippen molar-refractivity contribution in [2.24, 2.45) is 0 Å². The molecule has 0 aromatic carbocycles. The first kappa shape index (κ1) is 21.8. The van der Waals surface area contributed by atoms with Crippen LogP contribution in [0.3, 0.4) is 0 Å². The third-order valence-corrected chi connectivity index (χ3v) is 3.15. The molecular weight excluding hydrogens is 288 g/mol. The van der Waals surface area contributed by atoms with Crippen LogP contribution >= 0.6 is 0 Å². The maximum Gasteiger partial charge on any atom is 0.100 e. The third kappa shape index (κ3) is 17.8. The lowest BCUT2D eigenvalue weighted by Gasteiger charge is -2.08. The standard InChI is InChI=1S/C16H34O6/c1-19-10-11-21-13-12-20-8-6-4-2-3-5-7-9-22-15-16(18)14-17/h16-18H,2-15H2,1H3. The Morgan fingerprint density at radius 2 is 1.18 bits per heavy atom. The van der Waals surface area contributed by atoms with E-state index in [-0.39, 0.29) is 13.2 Å². The van der Waals surface area contributed by atoms with Crippen molar-refractivity contribution in [1.29, 1.82) is 0 Å². The Bertz CT molecular complexity index is 203. The minimum Gasteiger partial charge on any atom is -0.394 e. The molecular formula is C16H34O6. The summed E-state index contributed by atoms with van der Waals surface area (Å²) in [7, 11) is 1.66. The molecule has 2 N–H and O–H groups in total. The van der Waals surface area contributed by atoms with E-state index < -0.39 is 6.10 Å². The summed E-state index contributed by atoms with van der Waals surface area (Å²) >= 11 is 0. The van der Waals surface area contributed by atoms with E-state index in [9.17, 15) is 0 Å². The number of aliphatic hydroxyl groups excluding tert-OH is 2. The summed E-state index contributed by atoms with van der Waals surface area (Å²) in [6, 6.07) is 0. The van der Waals surface area contributed by atoms with E-state index in [4.69, 9.17) is 29.2 Å². The molecule has 0 rings (SSSR count). The van der Waals surface area contributed by atoms with Gasteiger partial charge in [0, 0.05) is 20.3 Å². The average molecular weight is 322 g/mol. The zero-order chi connectivity index (χ0) is 16.3. The van der Waals surface area contributed by atoms with Crippen LogP contribution in [-0.2, 0) is 18.9 Å². The van der Waals surface area contributed by atoms with E-state index in [0.29, 0.717) is 33.0 Å². The first-order valence-electron chi connectivity index (χ1n) is 8.32. The molecule has 1 unspecified atom stereocenters. The van der Waals surface area contributed by atoms with Crippen LogP contribution in [0.2, 0.25) is 0 Å². The van der Waals surface area contributed by atoms with Crippen LogP contribution < -0.4 is 0 Å². The molecule has 0 aliphatic heterocycles. The Hall–Kier alpha value is -0.240. The van der Waals surface area contributed by atoms with Crippen LogP contribution in [0.5, 0.6) is 0 Å². The van der Waals surface area contributed by atoms with Gasteiger partial charge in [0.05, 0.1) is 39.6 Å². The second-order valence-electron chi connectivity index (χ2n) is 5.25. The molecule has 1 atom stereocenters. The molecule has 0 fully saturated rings. The third-order valence-electron chi connectivity index (χ3n) is 3.15. The minimum absolute atomic E-state index is 0.225. The first-order chi connectivity index (χ1) is 10.8. The molecule has 6 heteroatoms. The van der Waals surface area contributed by atoms with Gasteiger partial charge >= 0.3 is 0 Å². The Balaban J connectivity index is 2.97. The maximum atomic E-state index is 9.07. The lowest BCUT2D eigenvalue weighted by molar-refractivity contribution is 0.00524. The predicted molar refractivity (Wildman–Crippen MR) is 85.1 cm³/mol. The predicted octanol–water partition coefficient (Wildman–Crippen LogP) is 1.38. The van der Waals surface area contributed by atoms with Gasteiger partial charge in [-0.25, -0.2) is 0 Å². The number of unbranched alkanes of at least 4 members (excludes halogenated alkanes) is 5. The Kier molecular flexibility index (Phi) is 18.6. The van der Waals surface area contributed by atoms with Crippen molar-refractivity contribution in [2.75, 3.05) is 60.0 Å². The normalized spacial score (nSPS) is 12.7. The summed E-state index contributed by atoms with van der Waals surface area (Å²) in [6.45, 7) is 3.99. The van der Waals surface area contributed by atoms with Crippen molar-refractivity contribution in [1.82, 2.24) is 0 Å². The highest BCUT2D eigenvalue weighted by Crippen LogP contribution is 2.05. The summed E-state index contributed by atoms with van der Waals surface area (Å²) in [5.74, 6) is 0. The number of aliphatic hydroxyl groups is 2. The second kappa shape index (κ2) is 18.8. The number of methoxy groups -OCH3 is 1. The minimum atomic E-state index is -0.745. The van der Waals surface area contributed by atoms with E-state index in [1.165, 1.54) is 19.3 Å². The SMILES string of the molecule is COCCOCCOCCCCCCCCOCC(O)CO. The molecule has 6 nitrogen and oxygen atoms in total. The Labute approximate surface area is 134 Å². The molecule has 0 heterocycles. The van der Waals surface area contributed by atoms with Crippen LogP contribution in [0, 0.1) is 0 Å². The fourth-order valence-electron chi connectivity index (χ4n) is 1.85. The molecule has 0 radical (unpaired) electrons. The zero-order valence-corrected chi connectivity index (χ0v) is 14.0. The molecule has 0 aliphatic rings. The van der Waals surface area contributed by atoms with Gasteiger partial charge in [0.1, 0.15) is 6.10 Å². The highest BCUT2D eigenvalue weighted by molar-refractivity contribution is 4.50. The van der Waals surface area contributed by atoms with Crippen LogP contribution in [0.15, 0.2) is 0 Å². The van der Waals surface area contributed by atoms with Gasteiger partial charge in [-0.3, -0.25) is 0 Å². The van der Waals surface area contributed by atoms with E-state index in [1.807, 2.05) is 0 Å². The van der Waals surface area contributed by atoms with Gasteiger partial charge in [0.15, 0.2) is 0 Å². The Morgan fingerprint density at radius 1 is 0.682 bits per heavy atom. The highest BCUT2D eigenvalue weighted by Gasteiger charge is 2.00. The molecule has 0 saturated carbocycles. The van der Waals surface area contributed by atoms with Crippen LogP contribution in [0.4, 0.5) is 0 Å². The van der Waals surface area contributed by atoms with Crippen molar-refractivity contribution in [2.45, 2.75) is 44.6 Å². The van der Waals surface area contributed by atoms with Crippen molar-refractivity contribution in [3.63, 3.8) is 0 Å². The number of rotatable bonds is 18. The number of hydrogen-bond donors (Lipinski definition) is 2. The monoisotopic (exact) mass is 322 g/mol. The summed E-state index contributed by atoms with van der Waals surface area (Å²) in [5.41, 5.74) is 0. The molecule has 0 aliphatic carbocycles. The van der Waals surface area contributed by atoms with Crippen molar-refractivity contribution in [3.05, 3.63) is 0 Å². The fraction of sp³-hybridized carbons (Fsp3) is 1.00. The van der Waals surface area contributed by atoms with Crippen LogP contribution in [-0.4, -0.2) is 76.3 Å². The average Bonchev–Trinajstić information content (AvgIpc) is 2.54. The van der Waals surface area contributed by atoms with Gasteiger partial charge in [-0.1, -0.05) is 25.7 Å². The van der Waals surface area contributed by atoms with Gasteiger partial charge in [0.25, 0.3) is 0 Å². The molecule has 0 bridgehead atoms. The van der Waals surface area contributed by atoms with E-state index in [0.717, 1.165) is 25.9 Å². The van der Waals surface area contributed by atoms with Crippen molar-refractivity contribution < 1.29 is 29.2 Å². The van der Waals surface area contributed by atoms with Crippen LogP contribution in [0.25, 0.3) is 0 Å². The maximum absolute atomic E-state index is 9.07. The van der Waals surface area contributed by atoms with Crippen molar-refractivity contribution in [3.8, 4) is 0 Å². The van der Waals surface area contributed by atoms with Crippen molar-refractivity contribution >= 4 is 0 Å². The smallest absolute Gasteiger partial charge is 0.100 e. The summed E-state index contributed by atoms with van der Waals surface area (Å²) in [5, 5.41) is 17.7. The van der Waals surface area contributed by atoms with E-state index >= 15 is 0 Å². The van der Waals surface area contributed by atoms with Gasteiger partial charge in [0.2, 0.25) is 0 Å². The van der Waals surface area contributed by atoms with Crippen LogP contribution in [0.1, 0.15) is 38.5 Å². The van der Waals surface area contributed by atoms with E-state index in [2.05, 4.69) is 0 Å². The zero-order valence-electron chi connectivity index (χ0n) is 14.0. The fourth-order valence-corrected chi connectivity index (χ4v) is 1.85. The van der Waals surface area contributed by atoms with Gasteiger partial charge in [-0.2, -0.15) is 0 Å². The number of ether oxygens (including phenoxy) is 4. The summed E-state index contributed by atoms with van der Waals surface area (Å²) in [6.07, 6.45) is 6.10. The van der Waals surface area contributed by atoms with Gasteiger partial charge in [-0.05, 0) is 12.8 Å². The Morgan fingerprint density at radius 3 is 1.77 bits per heavy atom. The second-order valence-corrected chi connectivity index (χ2v) is 5.25. The lowest BCUT2D eigenvalue weighted by Crippen LogP contribution is -2.19. The van der Waals surface area contributed by atoms with Gasteiger partial charge in [-0.15, -0.1) is 0 Å². The quantitative estimate of drug-likeness (QED) is 0.371. The largest absolute Gasteiger partial charge is 0.394 e. The summed E-state index contributed by atoms with van der Waals surface area (Å²) in [4.78, 5) is 0. The molecule has 134 valence electrons. The van der Waals surface area contributed by atoms with E-state index in [1.54, 1.807) is 7.11 Å². The first-order valence-corrected chi connectivity index (χ1v) is 8.32. The molecule has 0 amide bonds. The molecule has 0 aromatic heterocycles. The topological polar surface area (TPSA) is 77.4 Å². The lowest BCUT2D eigenvalue weighted by atomic mass is 10.1. The summed E-state index contributed by atoms with van der Waals surface area (Å²) < 4.78 is 20.9. The van der Waals surface area contributed by atoms with Gasteiger partial charge < -0.3 is 29.2 Å². The molecule has 22 heavy (non-hydrogen) atoms. The molecule has 0 saturated heterocycles.